The number of likely N-dealkylation sites (tertiary alicyclic amines) is 4. The number of carbonyl (C=O) groups excluding carboxylic acids is 4. The lowest BCUT2D eigenvalue weighted by Gasteiger charge is -2.38. The zero-order valence-corrected chi connectivity index (χ0v) is 36.5. The van der Waals surface area contributed by atoms with Gasteiger partial charge >= 0.3 is 11.9 Å². The smallest absolute Gasteiger partial charge is 0.336 e. The van der Waals surface area contributed by atoms with Crippen LogP contribution in [0.25, 0.3) is 11.6 Å². The fourth-order valence-electron chi connectivity index (χ4n) is 9.84. The predicted octanol–water partition coefficient (Wildman–Crippen LogP) is 1.40. The summed E-state index contributed by atoms with van der Waals surface area (Å²) in [6, 6.07) is 7.64. The molecule has 0 aliphatic carbocycles. The van der Waals surface area contributed by atoms with E-state index in [0.717, 1.165) is 101 Å². The van der Waals surface area contributed by atoms with Gasteiger partial charge < -0.3 is 29.1 Å². The number of rotatable bonds is 10. The van der Waals surface area contributed by atoms with Crippen LogP contribution in [0, 0.1) is 10.8 Å². The Kier molecular flexibility index (Phi) is 11.8. The van der Waals surface area contributed by atoms with E-state index in [1.54, 1.807) is 23.6 Å². The Morgan fingerprint density at radius 3 is 1.27 bits per heavy atom. The molecule has 2 atom stereocenters. The van der Waals surface area contributed by atoms with Gasteiger partial charge in [0.15, 0.2) is 11.6 Å². The van der Waals surface area contributed by atoms with E-state index in [2.05, 4.69) is 75.1 Å². The third kappa shape index (κ3) is 8.26. The average molecular weight is 877 g/mol. The van der Waals surface area contributed by atoms with Crippen molar-refractivity contribution in [3.05, 3.63) is 70.8 Å². The average Bonchev–Trinajstić information content (AvgIpc) is 4.21. The minimum absolute atomic E-state index is 0.155. The number of tetrazole rings is 2. The van der Waals surface area contributed by atoms with Crippen molar-refractivity contribution in [3.8, 4) is 11.6 Å². The molecule has 64 heavy (non-hydrogen) atoms. The number of nitrogens with zero attached hydrogens (tertiary/aromatic N) is 16. The molecule has 0 saturated carbocycles. The number of amides is 2. The lowest BCUT2D eigenvalue weighted by Crippen LogP contribution is -2.45. The van der Waals surface area contributed by atoms with Crippen LogP contribution in [-0.2, 0) is 28.7 Å². The molecule has 0 bridgehead atoms. The van der Waals surface area contributed by atoms with Crippen molar-refractivity contribution in [1.29, 1.82) is 0 Å². The van der Waals surface area contributed by atoms with Gasteiger partial charge in [-0.1, -0.05) is 13.8 Å². The first-order valence-electron chi connectivity index (χ1n) is 21.9. The van der Waals surface area contributed by atoms with Crippen LogP contribution in [0.2, 0.25) is 0 Å². The molecule has 4 fully saturated rings. The molecule has 0 unspecified atom stereocenters. The van der Waals surface area contributed by atoms with Crippen LogP contribution in [0.3, 0.4) is 0 Å². The fraction of sp³-hybridized carbons (Fsp3) is 0.571. The Morgan fingerprint density at radius 1 is 0.562 bits per heavy atom. The summed E-state index contributed by atoms with van der Waals surface area (Å²) in [6.45, 7) is 14.7. The molecule has 336 valence electrons. The molecule has 4 aromatic heterocycles. The number of carbonyl (C=O) groups is 4. The van der Waals surface area contributed by atoms with Crippen molar-refractivity contribution in [3.63, 3.8) is 0 Å². The van der Waals surface area contributed by atoms with E-state index in [9.17, 15) is 19.2 Å². The first-order chi connectivity index (χ1) is 30.9. The Labute approximate surface area is 369 Å². The van der Waals surface area contributed by atoms with Crippen LogP contribution in [0.4, 0.5) is 0 Å². The summed E-state index contributed by atoms with van der Waals surface area (Å²) in [4.78, 5) is 58.4. The Balaban J connectivity index is 0.000000162. The lowest BCUT2D eigenvalue weighted by molar-refractivity contribution is -0.138. The number of hydrogen-bond acceptors (Lipinski definition) is 18. The predicted molar refractivity (Wildman–Crippen MR) is 223 cm³/mol. The van der Waals surface area contributed by atoms with Crippen molar-refractivity contribution < 1.29 is 28.7 Å². The zero-order chi connectivity index (χ0) is 44.6. The molecule has 6 aliphatic rings. The summed E-state index contributed by atoms with van der Waals surface area (Å²) >= 11 is 0. The zero-order valence-electron chi connectivity index (χ0n) is 36.5. The second-order valence-electron chi connectivity index (χ2n) is 17.8. The number of piperidine rings is 2. The molecule has 6 aliphatic heterocycles. The highest BCUT2D eigenvalue weighted by atomic mass is 16.5. The van der Waals surface area contributed by atoms with Crippen LogP contribution in [0.15, 0.2) is 59.5 Å². The van der Waals surface area contributed by atoms with Gasteiger partial charge in [-0.2, -0.15) is 19.6 Å². The summed E-state index contributed by atoms with van der Waals surface area (Å²) < 4.78 is 13.2. The third-order valence-corrected chi connectivity index (χ3v) is 14.0. The first kappa shape index (κ1) is 42.9. The summed E-state index contributed by atoms with van der Waals surface area (Å²) in [7, 11) is 0. The molecule has 2 spiro atoms. The standard InChI is InChI=1S/2C21H26N8O3/c2*1-14(16-3-4-18(24-23-16)29-13-22-25-26-29)11-27-8-5-21(6-9-27)7-10-28(20(21)31)17-12-32-19(30)15(17)2/h2*3-4,13-14H,5-12H2,1-2H3/t2*14-/m10/s1. The minimum Gasteiger partial charge on any atom is -0.456 e. The second-order valence-corrected chi connectivity index (χ2v) is 17.8. The molecule has 0 N–H and O–H groups in total. The van der Waals surface area contributed by atoms with Crippen LogP contribution in [-0.4, -0.2) is 170 Å². The third-order valence-electron chi connectivity index (χ3n) is 14.0. The topological polar surface area (TPSA) is 238 Å². The molecule has 2 amide bonds. The van der Waals surface area contributed by atoms with E-state index in [-0.39, 0.29) is 59.6 Å². The van der Waals surface area contributed by atoms with Crippen LogP contribution >= 0.6 is 0 Å². The molecule has 22 nitrogen and oxygen atoms in total. The van der Waals surface area contributed by atoms with E-state index in [4.69, 9.17) is 9.47 Å². The maximum absolute atomic E-state index is 13.3. The van der Waals surface area contributed by atoms with E-state index < -0.39 is 0 Å². The van der Waals surface area contributed by atoms with Gasteiger partial charge in [0.2, 0.25) is 11.8 Å². The Hall–Kier alpha value is -6.42. The van der Waals surface area contributed by atoms with Crippen LogP contribution < -0.4 is 0 Å². The van der Waals surface area contributed by atoms with Crippen molar-refractivity contribution in [2.75, 3.05) is 65.6 Å². The highest BCUT2D eigenvalue weighted by molar-refractivity contribution is 5.95. The Morgan fingerprint density at radius 2 is 0.953 bits per heavy atom. The highest BCUT2D eigenvalue weighted by Gasteiger charge is 2.51. The lowest BCUT2D eigenvalue weighted by atomic mass is 9.77. The maximum Gasteiger partial charge on any atom is 0.336 e. The highest BCUT2D eigenvalue weighted by Crippen LogP contribution is 2.45. The quantitative estimate of drug-likeness (QED) is 0.205. The van der Waals surface area contributed by atoms with E-state index >= 15 is 0 Å². The van der Waals surface area contributed by atoms with Crippen LogP contribution in [0.5, 0.6) is 0 Å². The normalized spacial score (nSPS) is 22.1. The van der Waals surface area contributed by atoms with Gasteiger partial charge in [0.05, 0.1) is 44.8 Å². The molecule has 4 aromatic rings. The number of aromatic nitrogens is 12. The second kappa shape index (κ2) is 17.6. The van der Waals surface area contributed by atoms with E-state index in [0.29, 0.717) is 35.9 Å². The monoisotopic (exact) mass is 876 g/mol. The number of ether oxygens (including phenoxy) is 2. The summed E-state index contributed by atoms with van der Waals surface area (Å²) in [5.41, 5.74) is 3.82. The molecule has 10 heterocycles. The number of esters is 2. The molecular formula is C42H52N16O6. The van der Waals surface area contributed by atoms with Gasteiger partial charge in [-0.15, -0.1) is 20.4 Å². The summed E-state index contributed by atoms with van der Waals surface area (Å²) in [5, 5.41) is 39.2. The van der Waals surface area contributed by atoms with Gasteiger partial charge in [-0.3, -0.25) is 9.59 Å². The molecule has 22 heteroatoms. The molecule has 0 radical (unpaired) electrons. The van der Waals surface area contributed by atoms with Gasteiger partial charge in [0.1, 0.15) is 25.9 Å². The summed E-state index contributed by atoms with van der Waals surface area (Å²) in [6.07, 6.45) is 7.98. The van der Waals surface area contributed by atoms with Gasteiger partial charge in [-0.25, -0.2) is 9.59 Å². The maximum atomic E-state index is 13.3. The van der Waals surface area contributed by atoms with Crippen molar-refractivity contribution >= 4 is 23.8 Å². The number of hydrogen-bond donors (Lipinski definition) is 0. The van der Waals surface area contributed by atoms with Crippen molar-refractivity contribution in [2.45, 2.75) is 78.1 Å². The van der Waals surface area contributed by atoms with E-state index in [1.807, 2.05) is 24.3 Å². The van der Waals surface area contributed by atoms with Crippen molar-refractivity contribution in [2.24, 2.45) is 10.8 Å². The molecule has 4 saturated heterocycles. The molecule has 10 rings (SSSR count). The first-order valence-corrected chi connectivity index (χ1v) is 21.9. The molecule has 0 aromatic carbocycles. The SMILES string of the molecule is CC1=C(N2CCC3(CCN(C[C@@H](C)c4ccc(-n5cnnn5)nn4)CC3)C2=O)COC1=O.CC1=C(N2CCC3(CCN(C[C@H](C)c4ccc(-n5cnnn5)nn4)CC3)C2=O)COC1=O. The van der Waals surface area contributed by atoms with Gasteiger partial charge in [0.25, 0.3) is 0 Å². The van der Waals surface area contributed by atoms with Gasteiger partial charge in [-0.05, 0) is 124 Å². The fourth-order valence-corrected chi connectivity index (χ4v) is 9.84. The molecular weight excluding hydrogens is 825 g/mol. The minimum atomic E-state index is -0.314. The van der Waals surface area contributed by atoms with Crippen molar-refractivity contribution in [1.82, 2.24) is 80.4 Å². The van der Waals surface area contributed by atoms with Crippen LogP contribution in [0.1, 0.15) is 89.4 Å². The Bertz CT molecular complexity index is 2250. The largest absolute Gasteiger partial charge is 0.456 e. The number of cyclic esters (lactones) is 2. The van der Waals surface area contributed by atoms with E-state index in [1.165, 1.54) is 22.0 Å². The van der Waals surface area contributed by atoms with Gasteiger partial charge in [0, 0.05) is 38.0 Å². The summed E-state index contributed by atoms with van der Waals surface area (Å²) in [5.74, 6) is 1.27.